The minimum atomic E-state index is -4.31. The number of phenolic OH excluding ortho intramolecular Hbond substituents is 1. The Kier molecular flexibility index (Phi) is 9.18. The van der Waals surface area contributed by atoms with E-state index in [-0.39, 0.29) is 29.0 Å². The van der Waals surface area contributed by atoms with Gasteiger partial charge in [0.1, 0.15) is 10.7 Å². The van der Waals surface area contributed by atoms with Gasteiger partial charge in [-0.1, -0.05) is 77.8 Å². The van der Waals surface area contributed by atoms with Crippen molar-refractivity contribution in [1.82, 2.24) is 9.21 Å². The molecule has 1 N–H and O–H groups in total. The van der Waals surface area contributed by atoms with E-state index in [1.807, 2.05) is 23.1 Å². The van der Waals surface area contributed by atoms with Crippen molar-refractivity contribution >= 4 is 39.1 Å². The predicted molar refractivity (Wildman–Crippen MR) is 162 cm³/mol. The van der Waals surface area contributed by atoms with E-state index in [1.165, 1.54) is 35.9 Å². The molecule has 0 radical (unpaired) electrons. The molecule has 1 amide bonds. The highest BCUT2D eigenvalue weighted by atomic mass is 35.5. The van der Waals surface area contributed by atoms with Crippen LogP contribution < -0.4 is 0 Å². The lowest BCUT2D eigenvalue weighted by atomic mass is 9.89. The standard InChI is InChI=1S/C32H29Cl2FN2O4S/c33-27-18-29(34)31(38)30(19-27)42(40,41)37(21-23-8-12-28(35)13-9-23)20-22-6-10-26(11-7-22)32(39)36-16-14-25(15-17-36)24-4-2-1-3-5-24/h1-13,18-19,25,38H,14-17,20-21H2. The molecule has 1 heterocycles. The third kappa shape index (κ3) is 6.79. The van der Waals surface area contributed by atoms with Crippen molar-refractivity contribution in [3.63, 3.8) is 0 Å². The minimum absolute atomic E-state index is 0.0498. The van der Waals surface area contributed by atoms with Gasteiger partial charge in [-0.25, -0.2) is 12.8 Å². The monoisotopic (exact) mass is 626 g/mol. The maximum atomic E-state index is 13.8. The molecule has 0 saturated carbocycles. The average Bonchev–Trinajstić information content (AvgIpc) is 3.00. The van der Waals surface area contributed by atoms with Crippen LogP contribution in [0.15, 0.2) is 95.9 Å². The van der Waals surface area contributed by atoms with Crippen LogP contribution in [0.25, 0.3) is 0 Å². The Morgan fingerprint density at radius 2 is 1.45 bits per heavy atom. The Bertz CT molecular complexity index is 1660. The van der Waals surface area contributed by atoms with Crippen molar-refractivity contribution < 1.29 is 22.7 Å². The predicted octanol–water partition coefficient (Wildman–Crippen LogP) is 7.25. The molecule has 1 fully saturated rings. The van der Waals surface area contributed by atoms with Gasteiger partial charge >= 0.3 is 0 Å². The molecule has 218 valence electrons. The summed E-state index contributed by atoms with van der Waals surface area (Å²) in [5.41, 5.74) is 2.97. The number of piperidine rings is 1. The lowest BCUT2D eigenvalue weighted by Crippen LogP contribution is -2.37. The van der Waals surface area contributed by atoms with E-state index in [0.29, 0.717) is 35.7 Å². The molecule has 4 aromatic carbocycles. The number of carbonyl (C=O) groups is 1. The SMILES string of the molecule is O=C(c1ccc(CN(Cc2ccc(F)cc2)S(=O)(=O)c2cc(Cl)cc(Cl)c2O)cc1)N1CCC(c2ccccc2)CC1. The largest absolute Gasteiger partial charge is 0.505 e. The number of amides is 1. The molecule has 1 saturated heterocycles. The number of hydrogen-bond acceptors (Lipinski definition) is 4. The van der Waals surface area contributed by atoms with E-state index in [4.69, 9.17) is 23.2 Å². The Morgan fingerprint density at radius 1 is 0.881 bits per heavy atom. The topological polar surface area (TPSA) is 77.9 Å². The van der Waals surface area contributed by atoms with Crippen LogP contribution in [-0.2, 0) is 23.1 Å². The molecule has 0 aliphatic carbocycles. The van der Waals surface area contributed by atoms with Crippen LogP contribution in [0, 0.1) is 5.82 Å². The summed E-state index contributed by atoms with van der Waals surface area (Å²) in [6, 6.07) is 25.0. The lowest BCUT2D eigenvalue weighted by molar-refractivity contribution is 0.0713. The molecule has 5 rings (SSSR count). The number of benzene rings is 4. The number of nitrogens with zero attached hydrogens (tertiary/aromatic N) is 2. The zero-order valence-corrected chi connectivity index (χ0v) is 24.9. The van der Waals surface area contributed by atoms with Gasteiger partial charge in [-0.15, -0.1) is 0 Å². The molecule has 0 aromatic heterocycles. The molecule has 10 heteroatoms. The Hall–Kier alpha value is -3.43. The Morgan fingerprint density at radius 3 is 2.05 bits per heavy atom. The molecule has 0 unspecified atom stereocenters. The molecule has 0 bridgehead atoms. The van der Waals surface area contributed by atoms with Gasteiger partial charge in [0.2, 0.25) is 10.0 Å². The molecule has 4 aromatic rings. The van der Waals surface area contributed by atoms with Crippen LogP contribution in [0.2, 0.25) is 10.0 Å². The van der Waals surface area contributed by atoms with Crippen LogP contribution in [0.1, 0.15) is 45.8 Å². The lowest BCUT2D eigenvalue weighted by Gasteiger charge is -2.32. The summed E-state index contributed by atoms with van der Waals surface area (Å²) < 4.78 is 42.2. The Labute approximate surface area is 255 Å². The fourth-order valence-corrected chi connectivity index (χ4v) is 7.34. The maximum absolute atomic E-state index is 13.8. The van der Waals surface area contributed by atoms with Gasteiger partial charge < -0.3 is 10.0 Å². The van der Waals surface area contributed by atoms with Crippen molar-refractivity contribution in [2.45, 2.75) is 36.7 Å². The number of halogens is 3. The summed E-state index contributed by atoms with van der Waals surface area (Å²) in [5.74, 6) is -0.693. The normalized spacial score (nSPS) is 14.3. The van der Waals surface area contributed by atoms with E-state index in [9.17, 15) is 22.7 Å². The summed E-state index contributed by atoms with van der Waals surface area (Å²) >= 11 is 12.1. The van der Waals surface area contributed by atoms with E-state index in [1.54, 1.807) is 24.3 Å². The molecule has 0 spiro atoms. The first-order chi connectivity index (χ1) is 20.1. The van der Waals surface area contributed by atoms with Crippen LogP contribution in [0.4, 0.5) is 4.39 Å². The molecule has 42 heavy (non-hydrogen) atoms. The van der Waals surface area contributed by atoms with Gasteiger partial charge in [-0.05, 0) is 71.8 Å². The van der Waals surface area contributed by atoms with Crippen LogP contribution in [0.3, 0.4) is 0 Å². The number of sulfonamides is 1. The first-order valence-electron chi connectivity index (χ1n) is 13.5. The van der Waals surface area contributed by atoms with Crippen LogP contribution in [-0.4, -0.2) is 41.7 Å². The number of likely N-dealkylation sites (tertiary alicyclic amines) is 1. The number of carbonyl (C=O) groups excluding carboxylic acids is 1. The van der Waals surface area contributed by atoms with Crippen LogP contribution >= 0.6 is 23.2 Å². The summed E-state index contributed by atoms with van der Waals surface area (Å²) in [6.45, 7) is 1.13. The third-order valence-electron chi connectivity index (χ3n) is 7.50. The average molecular weight is 628 g/mol. The van der Waals surface area contributed by atoms with E-state index >= 15 is 0 Å². The zero-order valence-electron chi connectivity index (χ0n) is 22.6. The second-order valence-corrected chi connectivity index (χ2v) is 13.1. The highest BCUT2D eigenvalue weighted by Gasteiger charge is 2.30. The molecular weight excluding hydrogens is 598 g/mol. The molecule has 0 atom stereocenters. The minimum Gasteiger partial charge on any atom is -0.505 e. The second kappa shape index (κ2) is 12.8. The van der Waals surface area contributed by atoms with Crippen molar-refractivity contribution in [2.24, 2.45) is 0 Å². The molecule has 1 aliphatic heterocycles. The van der Waals surface area contributed by atoms with E-state index in [2.05, 4.69) is 12.1 Å². The number of phenols is 1. The van der Waals surface area contributed by atoms with Gasteiger partial charge in [0.05, 0.1) is 5.02 Å². The van der Waals surface area contributed by atoms with E-state index in [0.717, 1.165) is 23.2 Å². The molecular formula is C32H29Cl2FN2O4S. The number of aromatic hydroxyl groups is 1. The van der Waals surface area contributed by atoms with E-state index < -0.39 is 26.5 Å². The fraction of sp³-hybridized carbons (Fsp3) is 0.219. The number of rotatable bonds is 8. The Balaban J connectivity index is 1.34. The summed E-state index contributed by atoms with van der Waals surface area (Å²) in [5, 5.41) is 10.3. The van der Waals surface area contributed by atoms with Crippen molar-refractivity contribution in [2.75, 3.05) is 13.1 Å². The number of hydrogen-bond donors (Lipinski definition) is 1. The first kappa shape index (κ1) is 30.0. The molecule has 1 aliphatic rings. The smallest absolute Gasteiger partial charge is 0.253 e. The van der Waals surface area contributed by atoms with Gasteiger partial charge in [-0.3, -0.25) is 4.79 Å². The summed E-state index contributed by atoms with van der Waals surface area (Å²) in [6.07, 6.45) is 1.79. The summed E-state index contributed by atoms with van der Waals surface area (Å²) in [4.78, 5) is 14.6. The summed E-state index contributed by atoms with van der Waals surface area (Å²) in [7, 11) is -4.31. The van der Waals surface area contributed by atoms with Gasteiger partial charge in [-0.2, -0.15) is 4.31 Å². The van der Waals surface area contributed by atoms with Crippen molar-refractivity contribution in [3.05, 3.63) is 129 Å². The maximum Gasteiger partial charge on any atom is 0.253 e. The third-order valence-corrected chi connectivity index (χ3v) is 9.81. The van der Waals surface area contributed by atoms with Gasteiger partial charge in [0.15, 0.2) is 5.75 Å². The van der Waals surface area contributed by atoms with Gasteiger partial charge in [0, 0.05) is 36.8 Å². The highest BCUT2D eigenvalue weighted by molar-refractivity contribution is 7.89. The molecule has 6 nitrogen and oxygen atoms in total. The van der Waals surface area contributed by atoms with Crippen molar-refractivity contribution in [1.29, 1.82) is 0 Å². The van der Waals surface area contributed by atoms with Crippen LogP contribution in [0.5, 0.6) is 5.75 Å². The highest BCUT2D eigenvalue weighted by Crippen LogP contribution is 2.36. The quantitative estimate of drug-likeness (QED) is 0.223. The second-order valence-electron chi connectivity index (χ2n) is 10.3. The van der Waals surface area contributed by atoms with Gasteiger partial charge in [0.25, 0.3) is 5.91 Å². The first-order valence-corrected chi connectivity index (χ1v) is 15.7. The van der Waals surface area contributed by atoms with Crippen molar-refractivity contribution in [3.8, 4) is 5.75 Å². The zero-order chi connectivity index (χ0) is 29.9. The fourth-order valence-electron chi connectivity index (χ4n) is 5.18.